The summed E-state index contributed by atoms with van der Waals surface area (Å²) in [6.45, 7) is 0. The van der Waals surface area contributed by atoms with Crippen LogP contribution in [0.4, 0.5) is 18.3 Å². The van der Waals surface area contributed by atoms with Gasteiger partial charge in [-0.1, -0.05) is 24.2 Å². The van der Waals surface area contributed by atoms with Gasteiger partial charge >= 0.3 is 6.18 Å². The van der Waals surface area contributed by atoms with Crippen molar-refractivity contribution in [1.29, 1.82) is 0 Å². The van der Waals surface area contributed by atoms with E-state index in [9.17, 15) is 18.3 Å². The van der Waals surface area contributed by atoms with Crippen molar-refractivity contribution in [2.24, 2.45) is 0 Å². The highest BCUT2D eigenvalue weighted by Gasteiger charge is 2.33. The molecule has 0 aliphatic heterocycles. The lowest BCUT2D eigenvalue weighted by Gasteiger charge is -2.27. The van der Waals surface area contributed by atoms with Gasteiger partial charge in [0.05, 0.1) is 28.6 Å². The van der Waals surface area contributed by atoms with E-state index in [1.54, 1.807) is 12.1 Å². The summed E-state index contributed by atoms with van der Waals surface area (Å²) in [4.78, 5) is 14.7. The van der Waals surface area contributed by atoms with E-state index >= 15 is 0 Å². The number of ether oxygens (including phenoxy) is 1. The summed E-state index contributed by atoms with van der Waals surface area (Å²) in [7, 11) is 0. The first-order valence-corrected chi connectivity index (χ1v) is 11.3. The molecule has 172 valence electrons. The number of halogens is 3. The lowest BCUT2D eigenvalue weighted by Crippen LogP contribution is -2.36. The third-order valence-electron chi connectivity index (χ3n) is 5.49. The summed E-state index contributed by atoms with van der Waals surface area (Å²) in [6, 6.07) is 8.61. The molecular weight excluding hydrogens is 455 g/mol. The third kappa shape index (κ3) is 4.79. The number of fused-ring (bicyclic) bond motifs is 1. The first kappa shape index (κ1) is 21.7. The zero-order valence-corrected chi connectivity index (χ0v) is 18.1. The molecule has 1 saturated carbocycles. The van der Waals surface area contributed by atoms with Gasteiger partial charge in [0.2, 0.25) is 0 Å². The lowest BCUT2D eigenvalue weighted by atomic mass is 9.93. The maximum atomic E-state index is 12.8. The van der Waals surface area contributed by atoms with E-state index in [1.165, 1.54) is 23.6 Å². The Bertz CT molecular complexity index is 1270. The second-order valence-corrected chi connectivity index (χ2v) is 8.90. The molecular formula is C22H20F3N5O2S. The Morgan fingerprint density at radius 1 is 1.09 bits per heavy atom. The zero-order chi connectivity index (χ0) is 23.0. The topological polar surface area (TPSA) is 95.9 Å². The van der Waals surface area contributed by atoms with Crippen LogP contribution >= 0.6 is 11.3 Å². The van der Waals surface area contributed by atoms with Gasteiger partial charge in [-0.25, -0.2) is 9.97 Å². The molecule has 0 bridgehead atoms. The molecule has 1 aromatic carbocycles. The van der Waals surface area contributed by atoms with Crippen LogP contribution in [0.2, 0.25) is 0 Å². The first-order chi connectivity index (χ1) is 15.8. The van der Waals surface area contributed by atoms with E-state index in [2.05, 4.69) is 25.3 Å². The predicted octanol–water partition coefficient (Wildman–Crippen LogP) is 5.61. The molecule has 0 spiro atoms. The molecule has 1 fully saturated rings. The predicted molar refractivity (Wildman–Crippen MR) is 118 cm³/mol. The molecule has 33 heavy (non-hydrogen) atoms. The first-order valence-electron chi connectivity index (χ1n) is 10.5. The minimum atomic E-state index is -4.51. The van der Waals surface area contributed by atoms with Crippen LogP contribution < -0.4 is 10.1 Å². The van der Waals surface area contributed by atoms with Gasteiger partial charge in [-0.2, -0.15) is 13.2 Å². The maximum absolute atomic E-state index is 12.8. The van der Waals surface area contributed by atoms with Crippen molar-refractivity contribution in [2.75, 3.05) is 5.32 Å². The molecule has 2 atom stereocenters. The Morgan fingerprint density at radius 2 is 1.91 bits per heavy atom. The molecule has 4 aromatic rings. The number of benzene rings is 1. The molecule has 5 rings (SSSR count). The molecule has 1 aliphatic carbocycles. The van der Waals surface area contributed by atoms with Gasteiger partial charge in [0.25, 0.3) is 0 Å². The van der Waals surface area contributed by atoms with Gasteiger partial charge in [-0.15, -0.1) is 0 Å². The number of nitrogens with zero attached hydrogens (tertiary/aromatic N) is 3. The van der Waals surface area contributed by atoms with Crippen LogP contribution in [0, 0.1) is 0 Å². The van der Waals surface area contributed by atoms with Crippen LogP contribution in [0.5, 0.6) is 11.5 Å². The monoisotopic (exact) mass is 475 g/mol. The minimum absolute atomic E-state index is 0.00438. The number of hydrogen-bond acceptors (Lipinski definition) is 7. The van der Waals surface area contributed by atoms with Crippen LogP contribution in [0.25, 0.3) is 21.7 Å². The van der Waals surface area contributed by atoms with Gasteiger partial charge in [0.15, 0.2) is 11.0 Å². The van der Waals surface area contributed by atoms with E-state index in [0.29, 0.717) is 11.5 Å². The highest BCUT2D eigenvalue weighted by Crippen LogP contribution is 2.34. The lowest BCUT2D eigenvalue weighted by molar-refractivity contribution is -0.140. The van der Waals surface area contributed by atoms with Gasteiger partial charge in [0, 0.05) is 18.3 Å². The van der Waals surface area contributed by atoms with Crippen LogP contribution in [-0.4, -0.2) is 37.2 Å². The number of imidazole rings is 1. The fraction of sp³-hybridized carbons (Fsp3) is 0.318. The SMILES string of the molecule is O[C@@H]1CCCC[C@H]1Nc1nc2ccc(Oc3ccnc(-c4ncc(C(F)(F)F)[nH]4)c3)cc2s1. The normalized spacial score (nSPS) is 19.0. The maximum Gasteiger partial charge on any atom is 0.432 e. The number of nitrogens with one attached hydrogen (secondary N) is 2. The molecule has 0 saturated heterocycles. The number of anilines is 1. The van der Waals surface area contributed by atoms with Gasteiger partial charge < -0.3 is 20.1 Å². The number of hydrogen-bond donors (Lipinski definition) is 3. The average molecular weight is 475 g/mol. The number of aliphatic hydroxyl groups is 1. The zero-order valence-electron chi connectivity index (χ0n) is 17.3. The van der Waals surface area contributed by atoms with Crippen LogP contribution in [0.3, 0.4) is 0 Å². The second kappa shape index (κ2) is 8.64. The summed E-state index contributed by atoms with van der Waals surface area (Å²) in [5.74, 6) is 0.978. The Morgan fingerprint density at radius 3 is 2.70 bits per heavy atom. The van der Waals surface area contributed by atoms with E-state index in [0.717, 1.165) is 47.2 Å². The van der Waals surface area contributed by atoms with Crippen molar-refractivity contribution in [3.63, 3.8) is 0 Å². The number of aromatic amines is 1. The second-order valence-electron chi connectivity index (χ2n) is 7.87. The number of H-pyrrole nitrogens is 1. The van der Waals surface area contributed by atoms with E-state index in [-0.39, 0.29) is 23.7 Å². The highest BCUT2D eigenvalue weighted by molar-refractivity contribution is 7.22. The van der Waals surface area contributed by atoms with E-state index in [1.807, 2.05) is 12.1 Å². The number of aromatic nitrogens is 4. The van der Waals surface area contributed by atoms with Crippen molar-refractivity contribution in [1.82, 2.24) is 19.9 Å². The number of pyridine rings is 1. The Balaban J connectivity index is 1.33. The Hall–Kier alpha value is -3.18. The van der Waals surface area contributed by atoms with E-state index < -0.39 is 11.9 Å². The van der Waals surface area contributed by atoms with Crippen LogP contribution in [0.15, 0.2) is 42.7 Å². The fourth-order valence-electron chi connectivity index (χ4n) is 3.80. The fourth-order valence-corrected chi connectivity index (χ4v) is 4.76. The molecule has 3 N–H and O–H groups in total. The minimum Gasteiger partial charge on any atom is -0.457 e. The molecule has 3 heterocycles. The largest absolute Gasteiger partial charge is 0.457 e. The van der Waals surface area contributed by atoms with E-state index in [4.69, 9.17) is 4.74 Å². The van der Waals surface area contributed by atoms with Crippen molar-refractivity contribution in [2.45, 2.75) is 44.0 Å². The quantitative estimate of drug-likeness (QED) is 0.347. The van der Waals surface area contributed by atoms with Gasteiger partial charge in [0.1, 0.15) is 22.9 Å². The summed E-state index contributed by atoms with van der Waals surface area (Å²) < 4.78 is 45.3. The van der Waals surface area contributed by atoms with Crippen molar-refractivity contribution >= 4 is 26.7 Å². The summed E-state index contributed by atoms with van der Waals surface area (Å²) >= 11 is 1.48. The molecule has 3 aromatic heterocycles. The average Bonchev–Trinajstić information content (AvgIpc) is 3.42. The molecule has 1 aliphatic rings. The Labute approximate surface area is 190 Å². The van der Waals surface area contributed by atoms with Gasteiger partial charge in [-0.3, -0.25) is 4.98 Å². The number of rotatable bonds is 5. The van der Waals surface area contributed by atoms with Crippen molar-refractivity contribution < 1.29 is 23.0 Å². The summed E-state index contributed by atoms with van der Waals surface area (Å²) in [5.41, 5.74) is 0.108. The molecule has 0 unspecified atom stereocenters. The number of aliphatic hydroxyl groups excluding tert-OH is 1. The van der Waals surface area contributed by atoms with Crippen molar-refractivity contribution in [3.8, 4) is 23.0 Å². The smallest absolute Gasteiger partial charge is 0.432 e. The van der Waals surface area contributed by atoms with Crippen LogP contribution in [-0.2, 0) is 6.18 Å². The van der Waals surface area contributed by atoms with Crippen molar-refractivity contribution in [3.05, 3.63) is 48.4 Å². The molecule has 0 amide bonds. The third-order valence-corrected chi connectivity index (χ3v) is 6.44. The molecule has 0 radical (unpaired) electrons. The molecule has 11 heteroatoms. The summed E-state index contributed by atoms with van der Waals surface area (Å²) in [5, 5.41) is 14.3. The number of thiazole rings is 1. The summed E-state index contributed by atoms with van der Waals surface area (Å²) in [6.07, 6.45) is 1.14. The van der Waals surface area contributed by atoms with Crippen LogP contribution in [0.1, 0.15) is 31.4 Å². The van der Waals surface area contributed by atoms with Gasteiger partial charge in [-0.05, 0) is 31.0 Å². The highest BCUT2D eigenvalue weighted by atomic mass is 32.1. The standard InChI is InChI=1S/C22H20F3N5O2S/c23-22(24,25)19-11-27-20(30-19)16-9-13(7-8-26-16)32-12-5-6-15-18(10-12)33-21(29-15)28-14-3-1-2-4-17(14)31/h5-11,14,17,31H,1-4H2,(H,27,30)(H,28,29)/t14-,17-/m1/s1. The molecule has 7 nitrogen and oxygen atoms in total. The number of alkyl halides is 3. The Kier molecular flexibility index (Phi) is 5.67.